The van der Waals surface area contributed by atoms with Gasteiger partial charge in [-0.15, -0.1) is 11.3 Å². The first-order valence-corrected chi connectivity index (χ1v) is 11.2. The molecular weight excluding hydrogens is 426 g/mol. The minimum Gasteiger partial charge on any atom is -0.371 e. The van der Waals surface area contributed by atoms with Crippen molar-refractivity contribution in [3.8, 4) is 11.4 Å². The number of nitrogens with zero attached hydrogens (tertiary/aromatic N) is 3. The molecule has 2 N–H and O–H groups in total. The zero-order chi connectivity index (χ0) is 22.7. The third kappa shape index (κ3) is 5.30. The lowest BCUT2D eigenvalue weighted by molar-refractivity contribution is -0.115. The summed E-state index contributed by atoms with van der Waals surface area (Å²) in [5.74, 6) is -0.639. The molecule has 8 nitrogen and oxygen atoms in total. The van der Waals surface area contributed by atoms with Gasteiger partial charge in [0.15, 0.2) is 5.13 Å². The van der Waals surface area contributed by atoms with Crippen LogP contribution in [0.25, 0.3) is 17.0 Å². The Balaban J connectivity index is 1.38. The van der Waals surface area contributed by atoms with Crippen LogP contribution in [0.2, 0.25) is 0 Å². The molecule has 2 amide bonds. The molecule has 1 aliphatic heterocycles. The highest BCUT2D eigenvalue weighted by Gasteiger charge is 2.19. The summed E-state index contributed by atoms with van der Waals surface area (Å²) in [7, 11) is 1.83. The summed E-state index contributed by atoms with van der Waals surface area (Å²) in [5, 5.41) is 7.64. The Bertz CT molecular complexity index is 1170. The normalized spacial score (nSPS) is 18.2. The van der Waals surface area contributed by atoms with Crippen LogP contribution in [0, 0.1) is 0 Å². The fourth-order valence-electron chi connectivity index (χ4n) is 3.57. The van der Waals surface area contributed by atoms with Gasteiger partial charge in [0.25, 0.3) is 5.91 Å². The van der Waals surface area contributed by atoms with Crippen molar-refractivity contribution < 1.29 is 14.3 Å². The highest BCUT2D eigenvalue weighted by molar-refractivity contribution is 7.14. The molecule has 0 bridgehead atoms. The van der Waals surface area contributed by atoms with Gasteiger partial charge in [-0.25, -0.2) is 9.97 Å². The maximum Gasteiger partial charge on any atom is 0.253 e. The molecule has 32 heavy (non-hydrogen) atoms. The van der Waals surface area contributed by atoms with Crippen LogP contribution < -0.4 is 10.6 Å². The first kappa shape index (κ1) is 21.9. The van der Waals surface area contributed by atoms with Crippen molar-refractivity contribution in [2.75, 3.05) is 11.9 Å². The lowest BCUT2D eigenvalue weighted by atomic mass is 10.00. The topological polar surface area (TPSA) is 98.1 Å². The summed E-state index contributed by atoms with van der Waals surface area (Å²) >= 11 is 1.32. The second-order valence-electron chi connectivity index (χ2n) is 7.79. The van der Waals surface area contributed by atoms with Crippen LogP contribution in [-0.4, -0.2) is 45.1 Å². The third-order valence-electron chi connectivity index (χ3n) is 4.98. The first-order valence-electron chi connectivity index (χ1n) is 10.4. The largest absolute Gasteiger partial charge is 0.371 e. The van der Waals surface area contributed by atoms with Crippen molar-refractivity contribution in [3.63, 3.8) is 0 Å². The zero-order valence-corrected chi connectivity index (χ0v) is 19.0. The Hall–Kier alpha value is -3.30. The molecule has 0 aromatic carbocycles. The number of thiazole rings is 1. The van der Waals surface area contributed by atoms with E-state index in [1.54, 1.807) is 23.0 Å². The van der Waals surface area contributed by atoms with Crippen molar-refractivity contribution in [2.45, 2.75) is 32.5 Å². The number of hydrogen-bond donors (Lipinski definition) is 2. The van der Waals surface area contributed by atoms with E-state index in [2.05, 4.69) is 28.6 Å². The van der Waals surface area contributed by atoms with E-state index in [4.69, 9.17) is 9.72 Å². The molecule has 3 aromatic rings. The maximum atomic E-state index is 12.2. The van der Waals surface area contributed by atoms with E-state index in [9.17, 15) is 9.59 Å². The fourth-order valence-corrected chi connectivity index (χ4v) is 4.29. The maximum absolute atomic E-state index is 12.2. The van der Waals surface area contributed by atoms with Gasteiger partial charge in [0.2, 0.25) is 5.91 Å². The molecule has 4 rings (SSSR count). The predicted octanol–water partition coefficient (Wildman–Crippen LogP) is 3.49. The number of carbonyl (C=O) groups is 2. The zero-order valence-electron chi connectivity index (χ0n) is 18.2. The van der Waals surface area contributed by atoms with Crippen molar-refractivity contribution in [2.24, 2.45) is 7.05 Å². The van der Waals surface area contributed by atoms with E-state index >= 15 is 0 Å². The SMILES string of the molecule is CC1C=C(c2cccc(-c3csc(NC(=O)CNC(=O)c4ccn(C)c4)n3)n2)CC(C)O1. The first-order chi connectivity index (χ1) is 15.4. The summed E-state index contributed by atoms with van der Waals surface area (Å²) in [6.45, 7) is 3.95. The summed E-state index contributed by atoms with van der Waals surface area (Å²) in [5.41, 5.74) is 4.01. The van der Waals surface area contributed by atoms with E-state index in [0.29, 0.717) is 16.4 Å². The molecule has 3 aromatic heterocycles. The quantitative estimate of drug-likeness (QED) is 0.598. The van der Waals surface area contributed by atoms with Gasteiger partial charge >= 0.3 is 0 Å². The van der Waals surface area contributed by atoms with Gasteiger partial charge in [0.1, 0.15) is 5.69 Å². The van der Waals surface area contributed by atoms with Gasteiger partial charge in [0.05, 0.1) is 35.7 Å². The molecule has 1 aliphatic rings. The van der Waals surface area contributed by atoms with Crippen LogP contribution in [-0.2, 0) is 16.6 Å². The van der Waals surface area contributed by atoms with Crippen molar-refractivity contribution >= 4 is 33.9 Å². The van der Waals surface area contributed by atoms with E-state index in [1.807, 2.05) is 37.6 Å². The summed E-state index contributed by atoms with van der Waals surface area (Å²) in [4.78, 5) is 33.6. The molecule has 0 fully saturated rings. The molecule has 2 unspecified atom stereocenters. The molecule has 9 heteroatoms. The molecule has 0 aliphatic carbocycles. The number of aryl methyl sites for hydroxylation is 1. The number of amides is 2. The number of nitrogens with one attached hydrogen (secondary N) is 2. The summed E-state index contributed by atoms with van der Waals surface area (Å²) < 4.78 is 7.54. The van der Waals surface area contributed by atoms with Gasteiger partial charge in [-0.2, -0.15) is 0 Å². The predicted molar refractivity (Wildman–Crippen MR) is 124 cm³/mol. The molecule has 0 saturated heterocycles. The molecule has 0 radical (unpaired) electrons. The van der Waals surface area contributed by atoms with Crippen LogP contribution in [0.3, 0.4) is 0 Å². The molecule has 2 atom stereocenters. The number of carbonyl (C=O) groups excluding carboxylic acids is 2. The number of ether oxygens (including phenoxy) is 1. The minimum atomic E-state index is -0.341. The van der Waals surface area contributed by atoms with Gasteiger partial charge in [0, 0.05) is 31.2 Å². The van der Waals surface area contributed by atoms with Crippen LogP contribution in [0.4, 0.5) is 5.13 Å². The standard InChI is InChI=1S/C23H25N5O3S/c1-14-9-17(10-15(2)31-14)18-5-4-6-19(25-18)20-13-32-23(26-20)27-21(29)11-24-22(30)16-7-8-28(3)12-16/h4-9,12-15H,10-11H2,1-3H3,(H,24,30)(H,26,27,29). The third-order valence-corrected chi connectivity index (χ3v) is 5.74. The molecule has 0 spiro atoms. The number of hydrogen-bond acceptors (Lipinski definition) is 6. The Labute approximate surface area is 190 Å². The Morgan fingerprint density at radius 1 is 1.19 bits per heavy atom. The number of pyridine rings is 1. The Kier molecular flexibility index (Phi) is 6.48. The lowest BCUT2D eigenvalue weighted by Gasteiger charge is -2.24. The lowest BCUT2D eigenvalue weighted by Crippen LogP contribution is -2.32. The molecule has 4 heterocycles. The number of anilines is 1. The second kappa shape index (κ2) is 9.46. The Morgan fingerprint density at radius 2 is 2.00 bits per heavy atom. The van der Waals surface area contributed by atoms with Gasteiger partial charge in [-0.3, -0.25) is 9.59 Å². The van der Waals surface area contributed by atoms with Gasteiger partial charge in [-0.05, 0) is 37.6 Å². The van der Waals surface area contributed by atoms with E-state index < -0.39 is 0 Å². The smallest absolute Gasteiger partial charge is 0.253 e. The average Bonchev–Trinajstić information content (AvgIpc) is 3.40. The molecule has 0 saturated carbocycles. The van der Waals surface area contributed by atoms with Gasteiger partial charge in [-0.1, -0.05) is 12.1 Å². The number of aromatic nitrogens is 3. The second-order valence-corrected chi connectivity index (χ2v) is 8.65. The van der Waals surface area contributed by atoms with Crippen molar-refractivity contribution in [3.05, 3.63) is 59.4 Å². The van der Waals surface area contributed by atoms with Crippen molar-refractivity contribution in [1.82, 2.24) is 19.9 Å². The summed E-state index contributed by atoms with van der Waals surface area (Å²) in [6.07, 6.45) is 6.59. The van der Waals surface area contributed by atoms with Crippen molar-refractivity contribution in [1.29, 1.82) is 0 Å². The van der Waals surface area contributed by atoms with Crippen LogP contribution in [0.5, 0.6) is 0 Å². The molecule has 166 valence electrons. The van der Waals surface area contributed by atoms with E-state index in [0.717, 1.165) is 23.4 Å². The fraction of sp³-hybridized carbons (Fsp3) is 0.304. The minimum absolute atomic E-state index is 0.0580. The van der Waals surface area contributed by atoms with Crippen LogP contribution >= 0.6 is 11.3 Å². The van der Waals surface area contributed by atoms with Gasteiger partial charge < -0.3 is 19.9 Å². The number of rotatable bonds is 6. The highest BCUT2D eigenvalue weighted by Crippen LogP contribution is 2.29. The average molecular weight is 452 g/mol. The van der Waals surface area contributed by atoms with Crippen LogP contribution in [0.1, 0.15) is 36.3 Å². The van der Waals surface area contributed by atoms with E-state index in [1.165, 1.54) is 11.3 Å². The van der Waals surface area contributed by atoms with Crippen LogP contribution in [0.15, 0.2) is 48.1 Å². The summed E-state index contributed by atoms with van der Waals surface area (Å²) in [6, 6.07) is 7.54. The monoisotopic (exact) mass is 451 g/mol. The molecular formula is C23H25N5O3S. The highest BCUT2D eigenvalue weighted by atomic mass is 32.1. The Morgan fingerprint density at radius 3 is 2.75 bits per heavy atom. The van der Waals surface area contributed by atoms with E-state index in [-0.39, 0.29) is 30.6 Å².